The number of carbonyl (C=O) groups excluding carboxylic acids is 2. The fourth-order valence-electron chi connectivity index (χ4n) is 3.38. The third kappa shape index (κ3) is 2.52. The number of fused-ring (bicyclic) bond motifs is 3. The number of hydrogen-bond acceptors (Lipinski definition) is 4. The zero-order valence-corrected chi connectivity index (χ0v) is 13.2. The summed E-state index contributed by atoms with van der Waals surface area (Å²) in [6.45, 7) is 1.55. The lowest BCUT2D eigenvalue weighted by Gasteiger charge is -2.32. The van der Waals surface area contributed by atoms with E-state index in [0.717, 1.165) is 36.3 Å². The predicted octanol–water partition coefficient (Wildman–Crippen LogP) is 2.16. The first kappa shape index (κ1) is 14.4. The van der Waals surface area contributed by atoms with Gasteiger partial charge in [0.25, 0.3) is 0 Å². The van der Waals surface area contributed by atoms with Crippen LogP contribution in [0.4, 0.5) is 10.5 Å². The predicted molar refractivity (Wildman–Crippen MR) is 83.4 cm³/mol. The number of anilines is 1. The fourth-order valence-corrected chi connectivity index (χ4v) is 3.38. The highest BCUT2D eigenvalue weighted by atomic mass is 16.6. The van der Waals surface area contributed by atoms with Crippen molar-refractivity contribution in [2.24, 2.45) is 5.92 Å². The molecule has 1 saturated carbocycles. The summed E-state index contributed by atoms with van der Waals surface area (Å²) in [5, 5.41) is 0. The van der Waals surface area contributed by atoms with E-state index in [4.69, 9.17) is 9.47 Å². The molecule has 0 spiro atoms. The van der Waals surface area contributed by atoms with Crippen LogP contribution in [-0.4, -0.2) is 43.2 Å². The van der Waals surface area contributed by atoms with Gasteiger partial charge < -0.3 is 14.4 Å². The Hall–Kier alpha value is -2.24. The van der Waals surface area contributed by atoms with Crippen molar-refractivity contribution in [3.63, 3.8) is 0 Å². The number of ether oxygens (including phenoxy) is 2. The summed E-state index contributed by atoms with van der Waals surface area (Å²) in [7, 11) is 1.62. The van der Waals surface area contributed by atoms with Crippen LogP contribution in [0.2, 0.25) is 0 Å². The van der Waals surface area contributed by atoms with Crippen molar-refractivity contribution in [2.45, 2.75) is 31.8 Å². The summed E-state index contributed by atoms with van der Waals surface area (Å²) in [5.74, 6) is 1.16. The van der Waals surface area contributed by atoms with Crippen LogP contribution in [0.1, 0.15) is 24.8 Å². The van der Waals surface area contributed by atoms with E-state index in [0.29, 0.717) is 19.7 Å². The molecule has 0 bridgehead atoms. The molecule has 0 aromatic heterocycles. The van der Waals surface area contributed by atoms with Crippen molar-refractivity contribution in [1.82, 2.24) is 4.90 Å². The first-order chi connectivity index (χ1) is 11.2. The number of rotatable bonds is 2. The molecular weight excluding hydrogens is 296 g/mol. The Kier molecular flexibility index (Phi) is 3.39. The molecule has 3 aliphatic rings. The quantitative estimate of drug-likeness (QED) is 0.839. The van der Waals surface area contributed by atoms with Gasteiger partial charge in [-0.3, -0.25) is 9.69 Å². The highest BCUT2D eigenvalue weighted by Gasteiger charge is 2.39. The fraction of sp³-hybridized carbons (Fsp3) is 0.529. The minimum Gasteiger partial charge on any atom is -0.497 e. The van der Waals surface area contributed by atoms with E-state index >= 15 is 0 Å². The normalized spacial score (nSPS) is 23.5. The summed E-state index contributed by atoms with van der Waals surface area (Å²) < 4.78 is 10.5. The van der Waals surface area contributed by atoms with E-state index in [1.54, 1.807) is 12.0 Å². The van der Waals surface area contributed by atoms with Crippen molar-refractivity contribution in [2.75, 3.05) is 25.2 Å². The Morgan fingerprint density at radius 3 is 2.87 bits per heavy atom. The van der Waals surface area contributed by atoms with E-state index in [-0.39, 0.29) is 24.0 Å². The van der Waals surface area contributed by atoms with E-state index in [1.165, 1.54) is 0 Å². The summed E-state index contributed by atoms with van der Waals surface area (Å²) in [5.41, 5.74) is 1.76. The molecule has 122 valence electrons. The second-order valence-corrected chi connectivity index (χ2v) is 6.42. The second kappa shape index (κ2) is 5.44. The molecule has 2 heterocycles. The van der Waals surface area contributed by atoms with Crippen LogP contribution in [-0.2, 0) is 16.1 Å². The van der Waals surface area contributed by atoms with Gasteiger partial charge >= 0.3 is 6.09 Å². The molecule has 0 radical (unpaired) electrons. The molecule has 2 fully saturated rings. The van der Waals surface area contributed by atoms with Crippen LogP contribution in [0, 0.1) is 5.92 Å². The molecule has 1 saturated heterocycles. The van der Waals surface area contributed by atoms with Gasteiger partial charge in [0.2, 0.25) is 5.91 Å². The van der Waals surface area contributed by atoms with Gasteiger partial charge in [-0.25, -0.2) is 4.79 Å². The van der Waals surface area contributed by atoms with Crippen LogP contribution >= 0.6 is 0 Å². The average Bonchev–Trinajstić information content (AvgIpc) is 3.33. The molecule has 2 aliphatic heterocycles. The van der Waals surface area contributed by atoms with Crippen molar-refractivity contribution in [1.29, 1.82) is 0 Å². The smallest absolute Gasteiger partial charge is 0.414 e. The van der Waals surface area contributed by atoms with Crippen LogP contribution in [0.5, 0.6) is 5.75 Å². The van der Waals surface area contributed by atoms with Crippen LogP contribution in [0.25, 0.3) is 0 Å². The molecule has 1 aromatic carbocycles. The van der Waals surface area contributed by atoms with Gasteiger partial charge in [-0.1, -0.05) is 0 Å². The highest BCUT2D eigenvalue weighted by Crippen LogP contribution is 2.36. The van der Waals surface area contributed by atoms with Gasteiger partial charge in [0.15, 0.2) is 0 Å². The van der Waals surface area contributed by atoms with Gasteiger partial charge in [0.1, 0.15) is 12.4 Å². The maximum atomic E-state index is 12.5. The molecule has 23 heavy (non-hydrogen) atoms. The maximum Gasteiger partial charge on any atom is 0.414 e. The van der Waals surface area contributed by atoms with Crippen LogP contribution < -0.4 is 9.64 Å². The number of methoxy groups -OCH3 is 1. The number of nitrogens with zero attached hydrogens (tertiary/aromatic N) is 2. The summed E-state index contributed by atoms with van der Waals surface area (Å²) >= 11 is 0. The first-order valence-corrected chi connectivity index (χ1v) is 8.09. The molecule has 0 N–H and O–H groups in total. The number of hydrogen-bond donors (Lipinski definition) is 0. The van der Waals surface area contributed by atoms with E-state index < -0.39 is 0 Å². The lowest BCUT2D eigenvalue weighted by Crippen LogP contribution is -2.42. The highest BCUT2D eigenvalue weighted by molar-refractivity contribution is 5.92. The number of amides is 2. The van der Waals surface area contributed by atoms with Crippen molar-refractivity contribution < 1.29 is 19.1 Å². The number of carbonyl (C=O) groups is 2. The Balaban J connectivity index is 1.73. The zero-order valence-electron chi connectivity index (χ0n) is 13.2. The zero-order chi connectivity index (χ0) is 16.0. The van der Waals surface area contributed by atoms with Gasteiger partial charge in [-0.05, 0) is 43.0 Å². The summed E-state index contributed by atoms with van der Waals surface area (Å²) in [4.78, 5) is 28.3. The molecule has 1 atom stereocenters. The van der Waals surface area contributed by atoms with Crippen molar-refractivity contribution in [3.05, 3.63) is 23.8 Å². The Morgan fingerprint density at radius 2 is 2.13 bits per heavy atom. The number of benzene rings is 1. The maximum absolute atomic E-state index is 12.5. The van der Waals surface area contributed by atoms with Gasteiger partial charge in [-0.15, -0.1) is 0 Å². The molecule has 1 unspecified atom stereocenters. The number of cyclic esters (lactones) is 1. The molecule has 1 aromatic rings. The van der Waals surface area contributed by atoms with E-state index in [1.807, 2.05) is 23.1 Å². The van der Waals surface area contributed by atoms with E-state index in [9.17, 15) is 9.59 Å². The van der Waals surface area contributed by atoms with Crippen LogP contribution in [0.15, 0.2) is 18.2 Å². The van der Waals surface area contributed by atoms with E-state index in [2.05, 4.69) is 0 Å². The topological polar surface area (TPSA) is 59.1 Å². The summed E-state index contributed by atoms with van der Waals surface area (Å²) in [6.07, 6.45) is 2.44. The molecule has 6 heteroatoms. The largest absolute Gasteiger partial charge is 0.497 e. The third-order valence-electron chi connectivity index (χ3n) is 4.84. The lowest BCUT2D eigenvalue weighted by molar-refractivity contribution is -0.133. The monoisotopic (exact) mass is 316 g/mol. The molecule has 1 aliphatic carbocycles. The first-order valence-electron chi connectivity index (χ1n) is 8.09. The second-order valence-electron chi connectivity index (χ2n) is 6.42. The standard InChI is InChI=1S/C17H20N2O4/c1-22-14-4-5-15-12(8-14)9-18(16(20)11-2-3-11)7-6-13-10-23-17(21)19(13)15/h4-5,8,11,13H,2-3,6-7,9-10H2,1H3. The molecular formula is C17H20N2O4. The lowest BCUT2D eigenvalue weighted by atomic mass is 10.0. The minimum atomic E-state index is -0.302. The molecule has 2 amide bonds. The SMILES string of the molecule is COc1ccc2c(c1)CN(C(=O)C1CC1)CCC1COC(=O)N21. The van der Waals surface area contributed by atoms with Gasteiger partial charge in [0.05, 0.1) is 18.8 Å². The molecule has 6 nitrogen and oxygen atoms in total. The van der Waals surface area contributed by atoms with Crippen molar-refractivity contribution >= 4 is 17.7 Å². The van der Waals surface area contributed by atoms with Crippen LogP contribution in [0.3, 0.4) is 0 Å². The Labute approximate surface area is 134 Å². The molecule has 4 rings (SSSR count). The minimum absolute atomic E-state index is 0.00977. The Bertz CT molecular complexity index is 656. The average molecular weight is 316 g/mol. The Morgan fingerprint density at radius 1 is 1.30 bits per heavy atom. The van der Waals surface area contributed by atoms with Gasteiger partial charge in [-0.2, -0.15) is 0 Å². The summed E-state index contributed by atoms with van der Waals surface area (Å²) in [6, 6.07) is 5.63. The van der Waals surface area contributed by atoms with Gasteiger partial charge in [0, 0.05) is 19.0 Å². The third-order valence-corrected chi connectivity index (χ3v) is 4.84. The van der Waals surface area contributed by atoms with Crippen molar-refractivity contribution in [3.8, 4) is 5.75 Å².